The number of carbonyl (C=O) groups excluding carboxylic acids is 1. The largest absolute Gasteiger partial charge is 0.495 e. The molecule has 2 aromatic rings. The second kappa shape index (κ2) is 8.53. The molecular weight excluding hydrogens is 444 g/mol. The van der Waals surface area contributed by atoms with Crippen molar-refractivity contribution in [2.75, 3.05) is 17.1 Å². The first-order chi connectivity index (χ1) is 13.0. The van der Waals surface area contributed by atoms with Crippen LogP contribution in [0.1, 0.15) is 32.8 Å². The number of hydrogen-bond acceptors (Lipinski definition) is 4. The Bertz CT molecular complexity index is 988. The first-order valence-corrected chi connectivity index (χ1v) is 11.1. The average Bonchev–Trinajstić information content (AvgIpc) is 2.64. The number of ether oxygens (including phenoxy) is 1. The van der Waals surface area contributed by atoms with E-state index < -0.39 is 15.4 Å². The summed E-state index contributed by atoms with van der Waals surface area (Å²) in [4.78, 5) is 12.4. The summed E-state index contributed by atoms with van der Waals surface area (Å²) in [5, 5.41) is 2.79. The number of rotatable bonds is 7. The molecule has 0 aliphatic rings. The number of sulfonamides is 1. The van der Waals surface area contributed by atoms with Crippen LogP contribution in [0, 0.1) is 12.3 Å². The highest BCUT2D eigenvalue weighted by Crippen LogP contribution is 2.32. The molecule has 0 saturated heterocycles. The van der Waals surface area contributed by atoms with E-state index in [9.17, 15) is 13.2 Å². The monoisotopic (exact) mass is 468 g/mol. The Morgan fingerprint density at radius 3 is 2.46 bits per heavy atom. The number of halogens is 1. The van der Waals surface area contributed by atoms with E-state index in [4.69, 9.17) is 4.74 Å². The highest BCUT2D eigenvalue weighted by Gasteiger charge is 2.27. The van der Waals surface area contributed by atoms with Gasteiger partial charge in [-0.25, -0.2) is 8.42 Å². The van der Waals surface area contributed by atoms with E-state index in [2.05, 4.69) is 26.0 Å². The Hall–Kier alpha value is -2.06. The van der Waals surface area contributed by atoms with Gasteiger partial charge < -0.3 is 10.1 Å². The molecule has 0 aliphatic carbocycles. The van der Waals surface area contributed by atoms with Crippen LogP contribution in [0.4, 0.5) is 11.4 Å². The van der Waals surface area contributed by atoms with Crippen LogP contribution in [0.5, 0.6) is 5.75 Å². The quantitative estimate of drug-likeness (QED) is 0.602. The van der Waals surface area contributed by atoms with Crippen LogP contribution in [-0.2, 0) is 14.8 Å². The maximum absolute atomic E-state index is 13.0. The number of anilines is 2. The van der Waals surface area contributed by atoms with E-state index in [-0.39, 0.29) is 16.6 Å². The van der Waals surface area contributed by atoms with Gasteiger partial charge in [-0.15, -0.1) is 0 Å². The van der Waals surface area contributed by atoms with E-state index in [0.29, 0.717) is 22.3 Å². The molecule has 2 N–H and O–H groups in total. The normalized spacial score (nSPS) is 11.8. The summed E-state index contributed by atoms with van der Waals surface area (Å²) in [6, 6.07) is 9.90. The lowest BCUT2D eigenvalue weighted by Gasteiger charge is -2.22. The van der Waals surface area contributed by atoms with Crippen LogP contribution in [-0.4, -0.2) is 21.4 Å². The summed E-state index contributed by atoms with van der Waals surface area (Å²) < 4.78 is 34.4. The minimum Gasteiger partial charge on any atom is -0.495 e. The minimum atomic E-state index is -3.95. The van der Waals surface area contributed by atoms with Crippen LogP contribution < -0.4 is 14.8 Å². The van der Waals surface area contributed by atoms with E-state index in [0.717, 1.165) is 5.56 Å². The number of nitrogens with one attached hydrogen (secondary N) is 2. The van der Waals surface area contributed by atoms with Crippen molar-refractivity contribution in [2.45, 2.75) is 39.0 Å². The van der Waals surface area contributed by atoms with Gasteiger partial charge in [0.25, 0.3) is 10.0 Å². The van der Waals surface area contributed by atoms with Gasteiger partial charge >= 0.3 is 0 Å². The number of carbonyl (C=O) groups is 1. The minimum absolute atomic E-state index is 0.0597. The SMILES string of the molecule is CCC(C)(C)C(=O)Nc1ccc(OC)c(S(=O)(=O)Nc2cc(C)ccc2Br)c1. The predicted octanol–water partition coefficient (Wildman–Crippen LogP) is 4.94. The van der Waals surface area contributed by atoms with Crippen molar-refractivity contribution in [3.63, 3.8) is 0 Å². The predicted molar refractivity (Wildman–Crippen MR) is 115 cm³/mol. The third-order valence-electron chi connectivity index (χ3n) is 4.58. The van der Waals surface area contributed by atoms with E-state index in [1.54, 1.807) is 18.2 Å². The molecule has 0 heterocycles. The molecule has 0 radical (unpaired) electrons. The first-order valence-electron chi connectivity index (χ1n) is 8.78. The lowest BCUT2D eigenvalue weighted by Crippen LogP contribution is -2.30. The summed E-state index contributed by atoms with van der Waals surface area (Å²) in [6.45, 7) is 7.46. The fourth-order valence-corrected chi connectivity index (χ4v) is 4.09. The Morgan fingerprint density at radius 2 is 1.86 bits per heavy atom. The molecule has 0 atom stereocenters. The molecule has 6 nitrogen and oxygen atoms in total. The number of methoxy groups -OCH3 is 1. The molecule has 8 heteroatoms. The van der Waals surface area contributed by atoms with Gasteiger partial charge in [-0.3, -0.25) is 9.52 Å². The molecule has 2 rings (SSSR count). The molecule has 0 bridgehead atoms. The molecule has 0 aromatic heterocycles. The summed E-state index contributed by atoms with van der Waals surface area (Å²) in [5.41, 5.74) is 1.15. The fraction of sp³-hybridized carbons (Fsp3) is 0.350. The van der Waals surface area contributed by atoms with Gasteiger partial charge in [0.05, 0.1) is 12.8 Å². The second-order valence-corrected chi connectivity index (χ2v) is 9.65. The van der Waals surface area contributed by atoms with Gasteiger partial charge in [0.1, 0.15) is 10.6 Å². The van der Waals surface area contributed by atoms with Crippen LogP contribution >= 0.6 is 15.9 Å². The van der Waals surface area contributed by atoms with Gasteiger partial charge in [-0.1, -0.05) is 26.8 Å². The molecule has 0 spiro atoms. The summed E-state index contributed by atoms with van der Waals surface area (Å²) in [7, 11) is -2.55. The number of hydrogen-bond donors (Lipinski definition) is 2. The van der Waals surface area contributed by atoms with Crippen LogP contribution in [0.15, 0.2) is 45.8 Å². The lowest BCUT2D eigenvalue weighted by atomic mass is 9.89. The van der Waals surface area contributed by atoms with Gasteiger partial charge in [0.15, 0.2) is 0 Å². The zero-order valence-electron chi connectivity index (χ0n) is 16.6. The molecule has 0 fully saturated rings. The zero-order chi connectivity index (χ0) is 21.1. The highest BCUT2D eigenvalue weighted by molar-refractivity contribution is 9.10. The maximum atomic E-state index is 13.0. The maximum Gasteiger partial charge on any atom is 0.265 e. The van der Waals surface area contributed by atoms with Gasteiger partial charge in [0, 0.05) is 15.6 Å². The van der Waals surface area contributed by atoms with E-state index in [1.165, 1.54) is 19.2 Å². The third kappa shape index (κ3) is 5.05. The number of benzene rings is 2. The van der Waals surface area contributed by atoms with Crippen molar-refractivity contribution in [1.82, 2.24) is 0 Å². The van der Waals surface area contributed by atoms with Crippen molar-refractivity contribution < 1.29 is 17.9 Å². The molecule has 28 heavy (non-hydrogen) atoms. The molecule has 1 amide bonds. The summed E-state index contributed by atoms with van der Waals surface area (Å²) in [5.74, 6) is 0.00179. The first kappa shape index (κ1) is 22.2. The smallest absolute Gasteiger partial charge is 0.265 e. The number of aryl methyl sites for hydroxylation is 1. The highest BCUT2D eigenvalue weighted by atomic mass is 79.9. The van der Waals surface area contributed by atoms with Crippen molar-refractivity contribution in [3.05, 3.63) is 46.4 Å². The van der Waals surface area contributed by atoms with E-state index >= 15 is 0 Å². The molecule has 152 valence electrons. The van der Waals surface area contributed by atoms with Crippen molar-refractivity contribution in [3.8, 4) is 5.75 Å². The summed E-state index contributed by atoms with van der Waals surface area (Å²) >= 11 is 3.35. The molecule has 2 aromatic carbocycles. The Kier molecular flexibility index (Phi) is 6.77. The summed E-state index contributed by atoms with van der Waals surface area (Å²) in [6.07, 6.45) is 0.656. The van der Waals surface area contributed by atoms with Crippen LogP contribution in [0.25, 0.3) is 0 Å². The second-order valence-electron chi connectivity index (χ2n) is 7.15. The number of amides is 1. The van der Waals surface area contributed by atoms with Crippen molar-refractivity contribution in [2.24, 2.45) is 5.41 Å². The fourth-order valence-electron chi connectivity index (χ4n) is 2.34. The molecule has 0 unspecified atom stereocenters. The van der Waals surface area contributed by atoms with Crippen LogP contribution in [0.2, 0.25) is 0 Å². The molecule has 0 aliphatic heterocycles. The average molecular weight is 469 g/mol. The standard InChI is InChI=1S/C20H25BrN2O4S/c1-6-20(3,4)19(24)22-14-8-10-17(27-5)18(12-14)28(25,26)23-16-11-13(2)7-9-15(16)21/h7-12,23H,6H2,1-5H3,(H,22,24). The van der Waals surface area contributed by atoms with Gasteiger partial charge in [-0.2, -0.15) is 0 Å². The van der Waals surface area contributed by atoms with Crippen molar-refractivity contribution >= 4 is 43.2 Å². The van der Waals surface area contributed by atoms with E-state index in [1.807, 2.05) is 33.8 Å². The van der Waals surface area contributed by atoms with Crippen molar-refractivity contribution in [1.29, 1.82) is 0 Å². The van der Waals surface area contributed by atoms with Gasteiger partial charge in [-0.05, 0) is 65.2 Å². The van der Waals surface area contributed by atoms with Gasteiger partial charge in [0.2, 0.25) is 5.91 Å². The Balaban J connectivity index is 2.42. The van der Waals surface area contributed by atoms with Crippen LogP contribution in [0.3, 0.4) is 0 Å². The topological polar surface area (TPSA) is 84.5 Å². The molecular formula is C20H25BrN2O4S. The Morgan fingerprint density at radius 1 is 1.18 bits per heavy atom. The third-order valence-corrected chi connectivity index (χ3v) is 6.65. The Labute approximate surface area is 174 Å². The lowest BCUT2D eigenvalue weighted by molar-refractivity contribution is -0.124. The molecule has 0 saturated carbocycles. The zero-order valence-corrected chi connectivity index (χ0v) is 19.0.